The standard InChI is InChI=1S/C16H34N4O/c1-5-15(8-9-17)20-12-10-19(11-13-20)14(4)16(21)18(6-2)7-3/h14-15H,5-13,17H2,1-4H3. The fourth-order valence-electron chi connectivity index (χ4n) is 3.28. The molecule has 21 heavy (non-hydrogen) atoms. The molecule has 0 radical (unpaired) electrons. The number of hydrogen-bond donors (Lipinski definition) is 1. The topological polar surface area (TPSA) is 52.8 Å². The second kappa shape index (κ2) is 9.38. The number of carbonyl (C=O) groups is 1. The van der Waals surface area contributed by atoms with Gasteiger partial charge in [-0.05, 0) is 40.2 Å². The fourth-order valence-corrected chi connectivity index (χ4v) is 3.28. The van der Waals surface area contributed by atoms with Crippen LogP contribution in [0, 0.1) is 0 Å². The normalized spacial score (nSPS) is 20.2. The maximum atomic E-state index is 12.4. The molecule has 1 fully saturated rings. The largest absolute Gasteiger partial charge is 0.342 e. The molecule has 5 nitrogen and oxygen atoms in total. The van der Waals surface area contributed by atoms with Gasteiger partial charge in [0, 0.05) is 45.3 Å². The molecule has 1 amide bonds. The van der Waals surface area contributed by atoms with Crippen molar-refractivity contribution in [3.8, 4) is 0 Å². The number of amides is 1. The first-order valence-corrected chi connectivity index (χ1v) is 8.55. The minimum absolute atomic E-state index is 0.00151. The van der Waals surface area contributed by atoms with E-state index in [9.17, 15) is 4.79 Å². The number of carbonyl (C=O) groups excluding carboxylic acids is 1. The van der Waals surface area contributed by atoms with Gasteiger partial charge in [0.2, 0.25) is 5.91 Å². The van der Waals surface area contributed by atoms with E-state index in [0.717, 1.165) is 58.7 Å². The Bertz CT molecular complexity index is 299. The van der Waals surface area contributed by atoms with Crippen molar-refractivity contribution in [2.75, 3.05) is 45.8 Å². The van der Waals surface area contributed by atoms with Gasteiger partial charge < -0.3 is 10.6 Å². The van der Waals surface area contributed by atoms with Gasteiger partial charge in [-0.2, -0.15) is 0 Å². The molecule has 0 aromatic heterocycles. The Labute approximate surface area is 130 Å². The lowest BCUT2D eigenvalue weighted by Crippen LogP contribution is -2.56. The van der Waals surface area contributed by atoms with E-state index >= 15 is 0 Å². The summed E-state index contributed by atoms with van der Waals surface area (Å²) in [5.41, 5.74) is 5.70. The number of rotatable bonds is 8. The summed E-state index contributed by atoms with van der Waals surface area (Å²) in [6, 6.07) is 0.604. The van der Waals surface area contributed by atoms with Gasteiger partial charge in [-0.1, -0.05) is 6.92 Å². The van der Waals surface area contributed by atoms with Gasteiger partial charge in [-0.15, -0.1) is 0 Å². The Hall–Kier alpha value is -0.650. The molecule has 1 rings (SSSR count). The van der Waals surface area contributed by atoms with Crippen LogP contribution in [-0.4, -0.2) is 78.5 Å². The van der Waals surface area contributed by atoms with Crippen molar-refractivity contribution in [2.45, 2.75) is 52.6 Å². The highest BCUT2D eigenvalue weighted by molar-refractivity contribution is 5.81. The molecule has 124 valence electrons. The minimum Gasteiger partial charge on any atom is -0.342 e. The van der Waals surface area contributed by atoms with Gasteiger partial charge in [-0.3, -0.25) is 14.6 Å². The zero-order valence-corrected chi connectivity index (χ0v) is 14.3. The zero-order valence-electron chi connectivity index (χ0n) is 14.3. The quantitative estimate of drug-likeness (QED) is 0.726. The van der Waals surface area contributed by atoms with E-state index in [-0.39, 0.29) is 11.9 Å². The third-order valence-corrected chi connectivity index (χ3v) is 4.82. The van der Waals surface area contributed by atoms with E-state index in [1.807, 2.05) is 25.7 Å². The van der Waals surface area contributed by atoms with Crippen LogP contribution in [0.25, 0.3) is 0 Å². The first kappa shape index (κ1) is 18.4. The van der Waals surface area contributed by atoms with E-state index < -0.39 is 0 Å². The molecular formula is C16H34N4O. The van der Waals surface area contributed by atoms with Crippen molar-refractivity contribution in [3.63, 3.8) is 0 Å². The number of nitrogens with zero attached hydrogens (tertiary/aromatic N) is 3. The van der Waals surface area contributed by atoms with Crippen molar-refractivity contribution < 1.29 is 4.79 Å². The van der Waals surface area contributed by atoms with Gasteiger partial charge in [0.05, 0.1) is 6.04 Å². The molecule has 0 spiro atoms. The highest BCUT2D eigenvalue weighted by atomic mass is 16.2. The van der Waals surface area contributed by atoms with E-state index in [1.54, 1.807) is 0 Å². The van der Waals surface area contributed by atoms with Crippen LogP contribution in [0.15, 0.2) is 0 Å². The van der Waals surface area contributed by atoms with E-state index in [1.165, 1.54) is 0 Å². The summed E-state index contributed by atoms with van der Waals surface area (Å²) in [6.07, 6.45) is 2.23. The molecule has 0 aromatic carbocycles. The van der Waals surface area contributed by atoms with Crippen LogP contribution >= 0.6 is 0 Å². The second-order valence-corrected chi connectivity index (χ2v) is 5.90. The number of piperazine rings is 1. The lowest BCUT2D eigenvalue weighted by atomic mass is 10.1. The monoisotopic (exact) mass is 298 g/mol. The molecule has 1 aliphatic heterocycles. The average molecular weight is 298 g/mol. The third kappa shape index (κ3) is 4.94. The second-order valence-electron chi connectivity index (χ2n) is 5.90. The summed E-state index contributed by atoms with van der Waals surface area (Å²) >= 11 is 0. The summed E-state index contributed by atoms with van der Waals surface area (Å²) < 4.78 is 0. The molecule has 1 heterocycles. The van der Waals surface area contributed by atoms with Crippen molar-refractivity contribution in [2.24, 2.45) is 5.73 Å². The highest BCUT2D eigenvalue weighted by Gasteiger charge is 2.29. The van der Waals surface area contributed by atoms with Crippen molar-refractivity contribution in [1.29, 1.82) is 0 Å². The first-order valence-electron chi connectivity index (χ1n) is 8.55. The van der Waals surface area contributed by atoms with Crippen molar-refractivity contribution >= 4 is 5.91 Å². The Balaban J connectivity index is 2.50. The van der Waals surface area contributed by atoms with Crippen molar-refractivity contribution in [1.82, 2.24) is 14.7 Å². The van der Waals surface area contributed by atoms with E-state index in [4.69, 9.17) is 5.73 Å². The molecule has 0 aromatic rings. The SMILES string of the molecule is CCC(CCN)N1CCN(C(C)C(=O)N(CC)CC)CC1. The maximum Gasteiger partial charge on any atom is 0.239 e. The Morgan fingerprint density at radius 3 is 2.05 bits per heavy atom. The van der Waals surface area contributed by atoms with Gasteiger partial charge >= 0.3 is 0 Å². The summed E-state index contributed by atoms with van der Waals surface area (Å²) in [4.78, 5) is 19.2. The Morgan fingerprint density at radius 2 is 1.62 bits per heavy atom. The van der Waals surface area contributed by atoms with Crippen LogP contribution in [0.2, 0.25) is 0 Å². The predicted molar refractivity (Wildman–Crippen MR) is 88.3 cm³/mol. The summed E-state index contributed by atoms with van der Waals surface area (Å²) in [7, 11) is 0. The van der Waals surface area contributed by atoms with E-state index in [2.05, 4.69) is 16.7 Å². The molecule has 2 atom stereocenters. The number of hydrogen-bond acceptors (Lipinski definition) is 4. The van der Waals surface area contributed by atoms with Gasteiger partial charge in [0.15, 0.2) is 0 Å². The molecule has 2 N–H and O–H groups in total. The van der Waals surface area contributed by atoms with Crippen LogP contribution < -0.4 is 5.73 Å². The zero-order chi connectivity index (χ0) is 15.8. The lowest BCUT2D eigenvalue weighted by molar-refractivity contribution is -0.136. The summed E-state index contributed by atoms with van der Waals surface area (Å²) in [5, 5.41) is 0. The smallest absolute Gasteiger partial charge is 0.239 e. The Kier molecular flexibility index (Phi) is 8.22. The number of nitrogens with two attached hydrogens (primary N) is 1. The first-order chi connectivity index (χ1) is 10.1. The molecule has 5 heteroatoms. The van der Waals surface area contributed by atoms with Gasteiger partial charge in [0.25, 0.3) is 0 Å². The highest BCUT2D eigenvalue weighted by Crippen LogP contribution is 2.14. The molecular weight excluding hydrogens is 264 g/mol. The van der Waals surface area contributed by atoms with Crippen LogP contribution in [0.4, 0.5) is 0 Å². The average Bonchev–Trinajstić information content (AvgIpc) is 2.53. The Morgan fingerprint density at radius 1 is 1.10 bits per heavy atom. The van der Waals surface area contributed by atoms with Crippen LogP contribution in [-0.2, 0) is 4.79 Å². The van der Waals surface area contributed by atoms with Gasteiger partial charge in [0.1, 0.15) is 0 Å². The maximum absolute atomic E-state index is 12.4. The summed E-state index contributed by atoms with van der Waals surface area (Å²) in [6.45, 7) is 14.8. The molecule has 0 saturated carbocycles. The van der Waals surface area contributed by atoms with Gasteiger partial charge in [-0.25, -0.2) is 0 Å². The van der Waals surface area contributed by atoms with Crippen LogP contribution in [0.3, 0.4) is 0 Å². The molecule has 1 aliphatic rings. The minimum atomic E-state index is 0.00151. The van der Waals surface area contributed by atoms with E-state index in [0.29, 0.717) is 6.04 Å². The lowest BCUT2D eigenvalue weighted by Gasteiger charge is -2.41. The van der Waals surface area contributed by atoms with Crippen molar-refractivity contribution in [3.05, 3.63) is 0 Å². The number of likely N-dealkylation sites (N-methyl/N-ethyl adjacent to an activating group) is 1. The third-order valence-electron chi connectivity index (χ3n) is 4.82. The molecule has 1 saturated heterocycles. The summed E-state index contributed by atoms with van der Waals surface area (Å²) in [5.74, 6) is 0.266. The fraction of sp³-hybridized carbons (Fsp3) is 0.938. The van der Waals surface area contributed by atoms with Crippen LogP contribution in [0.1, 0.15) is 40.5 Å². The molecule has 0 aliphatic carbocycles. The van der Waals surface area contributed by atoms with Crippen LogP contribution in [0.5, 0.6) is 0 Å². The predicted octanol–water partition coefficient (Wildman–Crippen LogP) is 0.988. The molecule has 0 bridgehead atoms. The molecule has 2 unspecified atom stereocenters.